The van der Waals surface area contributed by atoms with Crippen molar-refractivity contribution in [1.29, 1.82) is 0 Å². The number of hydrogen-bond donors (Lipinski definition) is 0. The van der Waals surface area contributed by atoms with Crippen molar-refractivity contribution in [2.75, 3.05) is 6.61 Å². The van der Waals surface area contributed by atoms with Crippen LogP contribution < -0.4 is 0 Å². The van der Waals surface area contributed by atoms with E-state index >= 15 is 0 Å². The van der Waals surface area contributed by atoms with E-state index < -0.39 is 0 Å². The fourth-order valence-corrected chi connectivity index (χ4v) is 4.06. The van der Waals surface area contributed by atoms with E-state index in [2.05, 4.69) is 0 Å². The van der Waals surface area contributed by atoms with Crippen LogP contribution in [0.1, 0.15) is 83.5 Å². The first-order valence-electron chi connectivity index (χ1n) is 9.93. The number of hydrogen-bond acceptors (Lipinski definition) is 3. The molecule has 23 heavy (non-hydrogen) atoms. The van der Waals surface area contributed by atoms with E-state index in [-0.39, 0.29) is 30.2 Å². The average Bonchev–Trinajstić information content (AvgIpc) is 2.37. The molecule has 1 atom stereocenters. The van der Waals surface area contributed by atoms with Crippen molar-refractivity contribution in [3.05, 3.63) is 0 Å². The number of ketones is 1. The van der Waals surface area contributed by atoms with Gasteiger partial charge in [0, 0.05) is 5.92 Å². The van der Waals surface area contributed by atoms with Gasteiger partial charge in [-0.15, -0.1) is 0 Å². The molecular weight excluding hydrogens is 288 g/mol. The van der Waals surface area contributed by atoms with Crippen LogP contribution in [0.4, 0.5) is 0 Å². The molecule has 0 aromatic heterocycles. The lowest BCUT2D eigenvalue weighted by Crippen LogP contribution is -2.33. The van der Waals surface area contributed by atoms with E-state index in [9.17, 15) is 9.59 Å². The average molecular weight is 320 g/mol. The normalized spacial score (nSPS) is 23.5. The van der Waals surface area contributed by atoms with Gasteiger partial charge in [-0.2, -0.15) is 0 Å². The topological polar surface area (TPSA) is 43.4 Å². The Morgan fingerprint density at radius 3 is 2.13 bits per heavy atom. The van der Waals surface area contributed by atoms with Gasteiger partial charge in [0.1, 0.15) is 6.61 Å². The summed E-state index contributed by atoms with van der Waals surface area (Å²) in [6.07, 6.45) is 15.6. The lowest BCUT2D eigenvalue weighted by molar-refractivity contribution is -0.156. The first-order valence-corrected chi connectivity index (χ1v) is 9.93. The summed E-state index contributed by atoms with van der Waals surface area (Å²) in [4.78, 5) is 24.3. The summed E-state index contributed by atoms with van der Waals surface area (Å²) in [5.74, 6) is 1.76. The Hall–Kier alpha value is -0.860. The molecule has 0 radical (unpaired) electrons. The number of Topliss-reactive ketones (excluding diaryl/α,β-unsaturated/α-hetero) is 1. The second kappa shape index (κ2) is 8.30. The molecule has 3 aliphatic rings. The molecule has 0 bridgehead atoms. The van der Waals surface area contributed by atoms with Crippen molar-refractivity contribution < 1.29 is 14.3 Å². The van der Waals surface area contributed by atoms with E-state index in [4.69, 9.17) is 4.74 Å². The Morgan fingerprint density at radius 1 is 0.913 bits per heavy atom. The van der Waals surface area contributed by atoms with Crippen LogP contribution in [0.15, 0.2) is 0 Å². The van der Waals surface area contributed by atoms with Crippen LogP contribution in [0.2, 0.25) is 0 Å². The highest BCUT2D eigenvalue weighted by Crippen LogP contribution is 2.38. The van der Waals surface area contributed by atoms with E-state index in [1.165, 1.54) is 51.4 Å². The first kappa shape index (κ1) is 17.0. The molecule has 3 heteroatoms. The van der Waals surface area contributed by atoms with Gasteiger partial charge in [-0.1, -0.05) is 51.4 Å². The summed E-state index contributed by atoms with van der Waals surface area (Å²) in [6.45, 7) is 0.0226. The summed E-state index contributed by atoms with van der Waals surface area (Å²) in [5, 5.41) is 0. The monoisotopic (exact) mass is 320 g/mol. The smallest absolute Gasteiger partial charge is 0.309 e. The van der Waals surface area contributed by atoms with Crippen molar-refractivity contribution in [2.24, 2.45) is 23.7 Å². The fraction of sp³-hybridized carbons (Fsp3) is 0.900. The van der Waals surface area contributed by atoms with Gasteiger partial charge >= 0.3 is 5.97 Å². The second-order valence-electron chi connectivity index (χ2n) is 8.08. The largest absolute Gasteiger partial charge is 0.457 e. The molecule has 3 aliphatic carbocycles. The minimum Gasteiger partial charge on any atom is -0.457 e. The maximum atomic E-state index is 12.4. The van der Waals surface area contributed by atoms with Crippen LogP contribution in [0.5, 0.6) is 0 Å². The van der Waals surface area contributed by atoms with E-state index in [0.29, 0.717) is 5.92 Å². The zero-order chi connectivity index (χ0) is 16.1. The number of ether oxygens (including phenoxy) is 1. The van der Waals surface area contributed by atoms with Crippen LogP contribution in [-0.4, -0.2) is 18.4 Å². The number of carbonyl (C=O) groups is 2. The molecule has 0 N–H and O–H groups in total. The lowest BCUT2D eigenvalue weighted by Gasteiger charge is -2.33. The third kappa shape index (κ3) is 4.58. The summed E-state index contributed by atoms with van der Waals surface area (Å²) in [7, 11) is 0. The molecule has 0 aromatic rings. The molecule has 1 unspecified atom stereocenters. The van der Waals surface area contributed by atoms with Crippen LogP contribution in [0.25, 0.3) is 0 Å². The van der Waals surface area contributed by atoms with Crippen LogP contribution >= 0.6 is 0 Å². The molecule has 0 spiro atoms. The van der Waals surface area contributed by atoms with Crippen LogP contribution in [-0.2, 0) is 14.3 Å². The highest BCUT2D eigenvalue weighted by molar-refractivity contribution is 5.85. The minimum absolute atomic E-state index is 0.0226. The molecule has 0 aliphatic heterocycles. The van der Waals surface area contributed by atoms with Gasteiger partial charge in [0.15, 0.2) is 5.78 Å². The van der Waals surface area contributed by atoms with Crippen molar-refractivity contribution in [2.45, 2.75) is 83.5 Å². The van der Waals surface area contributed by atoms with E-state index in [1.807, 2.05) is 0 Å². The fourth-order valence-electron chi connectivity index (χ4n) is 4.06. The standard InChI is InChI=1S/C20H32O3/c21-19(17-11-5-12-17)14-23-20(22)18(16-9-4-10-16)13-2-1-6-15-7-3-8-15/h15-18H,1-14H2. The number of rotatable bonds is 10. The molecule has 3 saturated carbocycles. The summed E-state index contributed by atoms with van der Waals surface area (Å²) < 4.78 is 5.40. The van der Waals surface area contributed by atoms with E-state index in [0.717, 1.165) is 38.0 Å². The molecule has 0 saturated heterocycles. The molecule has 0 amide bonds. The van der Waals surface area contributed by atoms with Gasteiger partial charge in [0.05, 0.1) is 5.92 Å². The summed E-state index contributed by atoms with van der Waals surface area (Å²) in [5.41, 5.74) is 0. The highest BCUT2D eigenvalue weighted by Gasteiger charge is 2.34. The molecule has 3 nitrogen and oxygen atoms in total. The Kier molecular flexibility index (Phi) is 6.13. The minimum atomic E-state index is -0.0917. The molecule has 3 fully saturated rings. The van der Waals surface area contributed by atoms with Gasteiger partial charge < -0.3 is 4.74 Å². The Labute approximate surface area is 140 Å². The van der Waals surface area contributed by atoms with Crippen molar-refractivity contribution in [3.8, 4) is 0 Å². The van der Waals surface area contributed by atoms with Gasteiger partial charge in [-0.05, 0) is 43.9 Å². The second-order valence-corrected chi connectivity index (χ2v) is 8.08. The lowest BCUT2D eigenvalue weighted by atomic mass is 9.73. The Bertz CT molecular complexity index is 405. The van der Waals surface area contributed by atoms with Gasteiger partial charge in [-0.3, -0.25) is 9.59 Å². The van der Waals surface area contributed by atoms with Gasteiger partial charge in [0.2, 0.25) is 0 Å². The molecule has 0 aromatic carbocycles. The quantitative estimate of drug-likeness (QED) is 0.434. The zero-order valence-electron chi connectivity index (χ0n) is 14.4. The molecule has 3 rings (SSSR count). The predicted octanol–water partition coefficient (Wildman–Crippen LogP) is 4.68. The van der Waals surface area contributed by atoms with E-state index in [1.54, 1.807) is 0 Å². The van der Waals surface area contributed by atoms with Gasteiger partial charge in [-0.25, -0.2) is 0 Å². The Morgan fingerprint density at radius 2 is 1.61 bits per heavy atom. The first-order chi connectivity index (χ1) is 11.2. The van der Waals surface area contributed by atoms with Crippen molar-refractivity contribution in [3.63, 3.8) is 0 Å². The van der Waals surface area contributed by atoms with Crippen LogP contribution in [0, 0.1) is 23.7 Å². The van der Waals surface area contributed by atoms with Gasteiger partial charge in [0.25, 0.3) is 0 Å². The summed E-state index contributed by atoms with van der Waals surface area (Å²) in [6, 6.07) is 0. The molecular formula is C20H32O3. The highest BCUT2D eigenvalue weighted by atomic mass is 16.5. The van der Waals surface area contributed by atoms with Crippen molar-refractivity contribution in [1.82, 2.24) is 0 Å². The third-order valence-electron chi connectivity index (χ3n) is 6.54. The SMILES string of the molecule is O=C(COC(=O)C(CCCCC1CCC1)C1CCC1)C1CCC1. The molecule has 0 heterocycles. The van der Waals surface area contributed by atoms with Crippen LogP contribution in [0.3, 0.4) is 0 Å². The Balaban J connectivity index is 1.37. The molecule has 130 valence electrons. The number of esters is 1. The predicted molar refractivity (Wildman–Crippen MR) is 89.9 cm³/mol. The van der Waals surface area contributed by atoms with Crippen molar-refractivity contribution >= 4 is 11.8 Å². The zero-order valence-corrected chi connectivity index (χ0v) is 14.4. The maximum absolute atomic E-state index is 12.4. The number of unbranched alkanes of at least 4 members (excludes halogenated alkanes) is 1. The third-order valence-corrected chi connectivity index (χ3v) is 6.54. The summed E-state index contributed by atoms with van der Waals surface area (Å²) >= 11 is 0. The number of carbonyl (C=O) groups excluding carboxylic acids is 2. The maximum Gasteiger partial charge on any atom is 0.309 e.